The molecule has 0 unspecified atom stereocenters. The third-order valence-corrected chi connectivity index (χ3v) is 3.92. The zero-order valence-corrected chi connectivity index (χ0v) is 11.5. The lowest BCUT2D eigenvalue weighted by Gasteiger charge is -2.22. The van der Waals surface area contributed by atoms with Crippen molar-refractivity contribution in [2.24, 2.45) is 5.92 Å². The molecule has 0 heterocycles. The summed E-state index contributed by atoms with van der Waals surface area (Å²) in [6, 6.07) is 2.94. The fraction of sp³-hybridized carbons (Fsp3) is 0.600. The van der Waals surface area contributed by atoms with Crippen molar-refractivity contribution in [3.05, 3.63) is 17.9 Å². The first kappa shape index (κ1) is 14.0. The van der Waals surface area contributed by atoms with E-state index in [1.54, 1.807) is 6.07 Å². The number of anilines is 2. The average Bonchev–Trinajstić information content (AvgIpc) is 2.42. The van der Waals surface area contributed by atoms with Gasteiger partial charge in [0.15, 0.2) is 11.6 Å². The Labute approximate surface area is 114 Å². The number of halogens is 1. The minimum atomic E-state index is -0.419. The van der Waals surface area contributed by atoms with Gasteiger partial charge < -0.3 is 15.8 Å². The summed E-state index contributed by atoms with van der Waals surface area (Å²) in [5, 5.41) is 3.29. The van der Waals surface area contributed by atoms with Crippen LogP contribution < -0.4 is 15.8 Å². The van der Waals surface area contributed by atoms with Gasteiger partial charge >= 0.3 is 0 Å². The molecule has 1 fully saturated rings. The van der Waals surface area contributed by atoms with Gasteiger partial charge in [-0.1, -0.05) is 32.1 Å². The number of nitrogens with two attached hydrogens (primary N) is 1. The standard InChI is InChI=1S/C15H23FN2O/c1-19-15-10-14(13(17)9-12(15)16)18-8-7-11-5-3-2-4-6-11/h9-11,18H,2-8,17H2,1H3. The summed E-state index contributed by atoms with van der Waals surface area (Å²) in [5.41, 5.74) is 7.00. The fourth-order valence-corrected chi connectivity index (χ4v) is 2.77. The molecule has 0 bridgehead atoms. The molecule has 19 heavy (non-hydrogen) atoms. The van der Waals surface area contributed by atoms with E-state index >= 15 is 0 Å². The van der Waals surface area contributed by atoms with Gasteiger partial charge in [-0.15, -0.1) is 0 Å². The second-order valence-electron chi connectivity index (χ2n) is 5.29. The maximum absolute atomic E-state index is 13.4. The minimum Gasteiger partial charge on any atom is -0.494 e. The van der Waals surface area contributed by atoms with Gasteiger partial charge in [-0.05, 0) is 12.3 Å². The van der Waals surface area contributed by atoms with E-state index in [4.69, 9.17) is 10.5 Å². The third kappa shape index (κ3) is 3.75. The highest BCUT2D eigenvalue weighted by atomic mass is 19.1. The van der Waals surface area contributed by atoms with Crippen molar-refractivity contribution < 1.29 is 9.13 Å². The highest BCUT2D eigenvalue weighted by Crippen LogP contribution is 2.29. The van der Waals surface area contributed by atoms with Crippen molar-refractivity contribution in [3.8, 4) is 5.75 Å². The van der Waals surface area contributed by atoms with Gasteiger partial charge in [-0.3, -0.25) is 0 Å². The van der Waals surface area contributed by atoms with Gasteiger partial charge in [0.1, 0.15) is 0 Å². The summed E-state index contributed by atoms with van der Waals surface area (Å²) in [7, 11) is 1.46. The lowest BCUT2D eigenvalue weighted by atomic mass is 9.87. The molecule has 4 heteroatoms. The SMILES string of the molecule is COc1cc(NCCC2CCCCC2)c(N)cc1F. The highest BCUT2D eigenvalue weighted by Gasteiger charge is 2.13. The quantitative estimate of drug-likeness (QED) is 0.797. The Morgan fingerprint density at radius 1 is 1.32 bits per heavy atom. The maximum Gasteiger partial charge on any atom is 0.167 e. The third-order valence-electron chi connectivity index (χ3n) is 3.92. The Morgan fingerprint density at radius 2 is 2.05 bits per heavy atom. The molecule has 0 atom stereocenters. The predicted octanol–water partition coefficient (Wildman–Crippen LogP) is 3.80. The van der Waals surface area contributed by atoms with Crippen LogP contribution in [-0.2, 0) is 0 Å². The summed E-state index contributed by atoms with van der Waals surface area (Å²) in [6.45, 7) is 0.879. The van der Waals surface area contributed by atoms with E-state index in [1.807, 2.05) is 0 Å². The van der Waals surface area contributed by atoms with Gasteiger partial charge in [0.2, 0.25) is 0 Å². The van der Waals surface area contributed by atoms with Crippen LogP contribution >= 0.6 is 0 Å². The fourth-order valence-electron chi connectivity index (χ4n) is 2.77. The smallest absolute Gasteiger partial charge is 0.167 e. The Bertz CT molecular complexity index is 417. The van der Waals surface area contributed by atoms with E-state index in [0.29, 0.717) is 5.69 Å². The molecule has 0 aromatic heterocycles. The molecule has 1 aliphatic rings. The molecule has 0 radical (unpaired) electrons. The van der Waals surface area contributed by atoms with Crippen molar-refractivity contribution in [1.29, 1.82) is 0 Å². The van der Waals surface area contributed by atoms with Gasteiger partial charge in [0.05, 0.1) is 18.5 Å². The Hall–Kier alpha value is -1.45. The molecule has 0 aliphatic heterocycles. The van der Waals surface area contributed by atoms with Crippen LogP contribution in [0.4, 0.5) is 15.8 Å². The van der Waals surface area contributed by atoms with Crippen molar-refractivity contribution in [2.45, 2.75) is 38.5 Å². The van der Waals surface area contributed by atoms with Crippen molar-refractivity contribution in [1.82, 2.24) is 0 Å². The summed E-state index contributed by atoms with van der Waals surface area (Å²) in [6.07, 6.45) is 7.92. The molecular formula is C15H23FN2O. The van der Waals surface area contributed by atoms with Gasteiger partial charge in [-0.25, -0.2) is 4.39 Å². The molecule has 0 amide bonds. The van der Waals surface area contributed by atoms with Crippen LogP contribution in [0.2, 0.25) is 0 Å². The molecule has 1 aromatic rings. The molecule has 1 saturated carbocycles. The molecule has 0 spiro atoms. The van der Waals surface area contributed by atoms with Gasteiger partial charge in [0, 0.05) is 18.7 Å². The first-order chi connectivity index (χ1) is 9.20. The van der Waals surface area contributed by atoms with Crippen LogP contribution in [-0.4, -0.2) is 13.7 Å². The molecule has 106 valence electrons. The van der Waals surface area contributed by atoms with E-state index in [-0.39, 0.29) is 5.75 Å². The van der Waals surface area contributed by atoms with Crippen LogP contribution in [0.15, 0.2) is 12.1 Å². The van der Waals surface area contributed by atoms with E-state index in [1.165, 1.54) is 45.3 Å². The molecule has 3 nitrogen and oxygen atoms in total. The second kappa shape index (κ2) is 6.64. The average molecular weight is 266 g/mol. The number of ether oxygens (including phenoxy) is 1. The Balaban J connectivity index is 1.88. The van der Waals surface area contributed by atoms with Crippen molar-refractivity contribution in [3.63, 3.8) is 0 Å². The molecule has 1 aromatic carbocycles. The molecule has 0 saturated heterocycles. The lowest BCUT2D eigenvalue weighted by molar-refractivity contribution is 0.345. The Morgan fingerprint density at radius 3 is 2.74 bits per heavy atom. The molecule has 1 aliphatic carbocycles. The number of nitrogen functional groups attached to an aromatic ring is 1. The normalized spacial score (nSPS) is 16.3. The second-order valence-corrected chi connectivity index (χ2v) is 5.29. The number of methoxy groups -OCH3 is 1. The summed E-state index contributed by atoms with van der Waals surface area (Å²) in [4.78, 5) is 0. The lowest BCUT2D eigenvalue weighted by Crippen LogP contribution is -2.13. The number of benzene rings is 1. The number of hydrogen-bond donors (Lipinski definition) is 2. The summed E-state index contributed by atoms with van der Waals surface area (Å²) in [5.74, 6) is 0.636. The minimum absolute atomic E-state index is 0.231. The monoisotopic (exact) mass is 266 g/mol. The maximum atomic E-state index is 13.4. The van der Waals surface area contributed by atoms with E-state index in [2.05, 4.69) is 5.32 Å². The zero-order valence-electron chi connectivity index (χ0n) is 11.5. The number of nitrogens with one attached hydrogen (secondary N) is 1. The van der Waals surface area contributed by atoms with Crippen LogP contribution in [0.3, 0.4) is 0 Å². The van der Waals surface area contributed by atoms with E-state index in [9.17, 15) is 4.39 Å². The zero-order chi connectivity index (χ0) is 13.7. The summed E-state index contributed by atoms with van der Waals surface area (Å²) >= 11 is 0. The summed E-state index contributed by atoms with van der Waals surface area (Å²) < 4.78 is 18.4. The molecular weight excluding hydrogens is 243 g/mol. The molecule has 3 N–H and O–H groups in total. The van der Waals surface area contributed by atoms with Crippen LogP contribution in [0, 0.1) is 11.7 Å². The van der Waals surface area contributed by atoms with Gasteiger partial charge in [-0.2, -0.15) is 0 Å². The van der Waals surface area contributed by atoms with E-state index in [0.717, 1.165) is 24.6 Å². The first-order valence-electron chi connectivity index (χ1n) is 7.07. The first-order valence-corrected chi connectivity index (χ1v) is 7.07. The number of hydrogen-bond acceptors (Lipinski definition) is 3. The largest absolute Gasteiger partial charge is 0.494 e. The topological polar surface area (TPSA) is 47.3 Å². The van der Waals surface area contributed by atoms with Crippen LogP contribution in [0.1, 0.15) is 38.5 Å². The highest BCUT2D eigenvalue weighted by molar-refractivity contribution is 5.68. The van der Waals surface area contributed by atoms with E-state index < -0.39 is 5.82 Å². The Kier molecular flexibility index (Phi) is 4.88. The van der Waals surface area contributed by atoms with Crippen LogP contribution in [0.25, 0.3) is 0 Å². The van der Waals surface area contributed by atoms with Gasteiger partial charge in [0.25, 0.3) is 0 Å². The predicted molar refractivity (Wildman–Crippen MR) is 77.0 cm³/mol. The molecule has 2 rings (SSSR count). The van der Waals surface area contributed by atoms with Crippen molar-refractivity contribution in [2.75, 3.05) is 24.7 Å². The van der Waals surface area contributed by atoms with Crippen LogP contribution in [0.5, 0.6) is 5.75 Å². The number of rotatable bonds is 5. The van der Waals surface area contributed by atoms with Crippen molar-refractivity contribution >= 4 is 11.4 Å².